The van der Waals surface area contributed by atoms with Crippen LogP contribution >= 0.6 is 47.8 Å². The van der Waals surface area contributed by atoms with Gasteiger partial charge in [0, 0.05) is 7.11 Å². The lowest BCUT2D eigenvalue weighted by Gasteiger charge is -2.04. The van der Waals surface area contributed by atoms with Crippen molar-refractivity contribution in [3.8, 4) is 0 Å². The molecule has 0 amide bonds. The van der Waals surface area contributed by atoms with Gasteiger partial charge in [0.05, 0.1) is 30.8 Å². The second kappa shape index (κ2) is 7.01. The number of halogens is 3. The quantitative estimate of drug-likeness (QED) is 0.681. The summed E-state index contributed by atoms with van der Waals surface area (Å²) in [6, 6.07) is 0. The first-order valence-corrected chi connectivity index (χ1v) is 6.68. The van der Waals surface area contributed by atoms with E-state index in [0.29, 0.717) is 26.4 Å². The molecule has 1 heterocycles. The molecule has 1 aromatic rings. The minimum atomic E-state index is 0.609. The fraction of sp³-hybridized carbons (Fsp3) is 0.625. The van der Waals surface area contributed by atoms with Crippen molar-refractivity contribution in [3.05, 3.63) is 13.7 Å². The minimum absolute atomic E-state index is 0.609. The second-order valence-electron chi connectivity index (χ2n) is 2.72. The predicted octanol–water partition coefficient (Wildman–Crippen LogP) is 2.83. The molecule has 0 saturated carbocycles. The van der Waals surface area contributed by atoms with Crippen molar-refractivity contribution in [2.24, 2.45) is 0 Å². The summed E-state index contributed by atoms with van der Waals surface area (Å²) in [7, 11) is 1.65. The predicted molar refractivity (Wildman–Crippen MR) is 68.0 cm³/mol. The summed E-state index contributed by atoms with van der Waals surface area (Å²) < 4.78 is 14.6. The number of methoxy groups -OCH3 is 1. The van der Waals surface area contributed by atoms with Crippen molar-refractivity contribution in [2.45, 2.75) is 6.54 Å². The van der Waals surface area contributed by atoms with E-state index in [-0.39, 0.29) is 0 Å². The Morgan fingerprint density at radius 3 is 2.47 bits per heavy atom. The Labute approximate surface area is 114 Å². The molecule has 0 bridgehead atoms. The van der Waals surface area contributed by atoms with Crippen LogP contribution in [-0.4, -0.2) is 36.7 Å². The summed E-state index contributed by atoms with van der Waals surface area (Å²) in [4.78, 5) is 0. The van der Waals surface area contributed by atoms with Gasteiger partial charge in [0.15, 0.2) is 0 Å². The first-order chi connectivity index (χ1) is 7.16. The van der Waals surface area contributed by atoms with Crippen LogP contribution in [0.4, 0.5) is 0 Å². The molecule has 0 atom stereocenters. The molecule has 0 fully saturated rings. The van der Waals surface area contributed by atoms with Crippen LogP contribution in [0.15, 0.2) is 13.7 Å². The summed E-state index contributed by atoms with van der Waals surface area (Å²) in [5.74, 6) is 0. The molecule has 0 saturated heterocycles. The minimum Gasteiger partial charge on any atom is -0.382 e. The van der Waals surface area contributed by atoms with Crippen LogP contribution in [0.3, 0.4) is 0 Å². The van der Waals surface area contributed by atoms with Gasteiger partial charge < -0.3 is 9.47 Å². The van der Waals surface area contributed by atoms with Gasteiger partial charge in [0.25, 0.3) is 0 Å². The number of ether oxygens (including phenoxy) is 2. The Balaban J connectivity index is 2.34. The third kappa shape index (κ3) is 4.14. The zero-order chi connectivity index (χ0) is 11.3. The van der Waals surface area contributed by atoms with Crippen molar-refractivity contribution in [1.29, 1.82) is 0 Å². The standard InChI is InChI=1S/C8H11Br3N2O2/c1-14-4-5-15-3-2-13-8(11)6(9)7(10)12-13/h2-5H2,1H3. The van der Waals surface area contributed by atoms with E-state index in [1.807, 2.05) is 4.68 Å². The van der Waals surface area contributed by atoms with E-state index in [1.54, 1.807) is 7.11 Å². The molecule has 1 aromatic heterocycles. The Morgan fingerprint density at radius 1 is 1.20 bits per heavy atom. The molecule has 0 unspecified atom stereocenters. The number of aromatic nitrogens is 2. The van der Waals surface area contributed by atoms with Gasteiger partial charge in [-0.15, -0.1) is 0 Å². The molecule has 0 aliphatic carbocycles. The Bertz CT molecular complexity index is 317. The van der Waals surface area contributed by atoms with E-state index in [4.69, 9.17) is 9.47 Å². The maximum Gasteiger partial charge on any atom is 0.143 e. The first-order valence-electron chi connectivity index (χ1n) is 4.30. The van der Waals surface area contributed by atoms with Gasteiger partial charge in [-0.1, -0.05) is 0 Å². The third-order valence-corrected chi connectivity index (χ3v) is 4.85. The average Bonchev–Trinajstić information content (AvgIpc) is 2.46. The Hall–Kier alpha value is 0.570. The normalized spacial score (nSPS) is 10.9. The molecule has 0 aliphatic heterocycles. The highest BCUT2D eigenvalue weighted by Crippen LogP contribution is 2.30. The van der Waals surface area contributed by atoms with Gasteiger partial charge in [0.1, 0.15) is 9.21 Å². The highest BCUT2D eigenvalue weighted by molar-refractivity contribution is 9.14. The maximum absolute atomic E-state index is 5.34. The average molecular weight is 407 g/mol. The van der Waals surface area contributed by atoms with Crippen LogP contribution < -0.4 is 0 Å². The summed E-state index contributed by atoms with van der Waals surface area (Å²) >= 11 is 10.2. The molecule has 0 spiro atoms. The number of hydrogen-bond donors (Lipinski definition) is 0. The van der Waals surface area contributed by atoms with Crippen LogP contribution in [-0.2, 0) is 16.0 Å². The smallest absolute Gasteiger partial charge is 0.143 e. The van der Waals surface area contributed by atoms with E-state index >= 15 is 0 Å². The van der Waals surface area contributed by atoms with Crippen LogP contribution in [0.1, 0.15) is 0 Å². The molecule has 86 valence electrons. The topological polar surface area (TPSA) is 36.3 Å². The summed E-state index contributed by atoms with van der Waals surface area (Å²) in [6.07, 6.45) is 0. The van der Waals surface area contributed by atoms with Crippen LogP contribution in [0.5, 0.6) is 0 Å². The third-order valence-electron chi connectivity index (χ3n) is 1.68. The number of rotatable bonds is 6. The highest BCUT2D eigenvalue weighted by Gasteiger charge is 2.10. The van der Waals surface area contributed by atoms with E-state index in [0.717, 1.165) is 13.7 Å². The van der Waals surface area contributed by atoms with Gasteiger partial charge in [0.2, 0.25) is 0 Å². The fourth-order valence-electron chi connectivity index (χ4n) is 0.936. The highest BCUT2D eigenvalue weighted by atomic mass is 79.9. The van der Waals surface area contributed by atoms with Gasteiger partial charge in [-0.2, -0.15) is 5.10 Å². The molecule has 7 heteroatoms. The zero-order valence-electron chi connectivity index (χ0n) is 8.17. The molecule has 15 heavy (non-hydrogen) atoms. The van der Waals surface area contributed by atoms with Crippen molar-refractivity contribution >= 4 is 47.8 Å². The molecule has 0 aliphatic rings. The van der Waals surface area contributed by atoms with Crippen LogP contribution in [0.2, 0.25) is 0 Å². The van der Waals surface area contributed by atoms with Crippen LogP contribution in [0, 0.1) is 0 Å². The number of nitrogens with zero attached hydrogens (tertiary/aromatic N) is 2. The lowest BCUT2D eigenvalue weighted by atomic mass is 10.6. The van der Waals surface area contributed by atoms with Crippen LogP contribution in [0.25, 0.3) is 0 Å². The van der Waals surface area contributed by atoms with E-state index in [1.165, 1.54) is 0 Å². The molecule has 4 nitrogen and oxygen atoms in total. The molecular formula is C8H11Br3N2O2. The lowest BCUT2D eigenvalue weighted by Crippen LogP contribution is -2.10. The summed E-state index contributed by atoms with van der Waals surface area (Å²) in [5.41, 5.74) is 0. The van der Waals surface area contributed by atoms with Gasteiger partial charge in [-0.25, -0.2) is 0 Å². The summed E-state index contributed by atoms with van der Waals surface area (Å²) in [6.45, 7) is 2.54. The van der Waals surface area contributed by atoms with Crippen molar-refractivity contribution in [2.75, 3.05) is 26.9 Å². The Kier molecular flexibility index (Phi) is 6.37. The molecule has 0 radical (unpaired) electrons. The first kappa shape index (κ1) is 13.6. The molecule has 0 N–H and O–H groups in total. The van der Waals surface area contributed by atoms with Crippen molar-refractivity contribution in [3.63, 3.8) is 0 Å². The van der Waals surface area contributed by atoms with E-state index < -0.39 is 0 Å². The number of hydrogen-bond acceptors (Lipinski definition) is 3. The largest absolute Gasteiger partial charge is 0.382 e. The van der Waals surface area contributed by atoms with Gasteiger partial charge in [-0.05, 0) is 47.8 Å². The van der Waals surface area contributed by atoms with Gasteiger partial charge >= 0.3 is 0 Å². The Morgan fingerprint density at radius 2 is 1.93 bits per heavy atom. The lowest BCUT2D eigenvalue weighted by molar-refractivity contribution is 0.0651. The molecule has 0 aromatic carbocycles. The van der Waals surface area contributed by atoms with E-state index in [9.17, 15) is 0 Å². The second-order valence-corrected chi connectivity index (χ2v) is 5.02. The monoisotopic (exact) mass is 404 g/mol. The molecule has 1 rings (SSSR count). The van der Waals surface area contributed by atoms with Crippen molar-refractivity contribution in [1.82, 2.24) is 9.78 Å². The maximum atomic E-state index is 5.34. The van der Waals surface area contributed by atoms with Crippen molar-refractivity contribution < 1.29 is 9.47 Å². The fourth-order valence-corrected chi connectivity index (χ4v) is 2.31. The van der Waals surface area contributed by atoms with E-state index in [2.05, 4.69) is 52.9 Å². The van der Waals surface area contributed by atoms with Gasteiger partial charge in [-0.3, -0.25) is 4.68 Å². The summed E-state index contributed by atoms with van der Waals surface area (Å²) in [5, 5.41) is 4.26. The zero-order valence-corrected chi connectivity index (χ0v) is 12.9. The molecular weight excluding hydrogens is 396 g/mol. The SMILES string of the molecule is COCCOCCn1nc(Br)c(Br)c1Br.